The molecule has 0 radical (unpaired) electrons. The molecule has 108 valence electrons. The van der Waals surface area contributed by atoms with Gasteiger partial charge in [0, 0.05) is 25.1 Å². The van der Waals surface area contributed by atoms with Gasteiger partial charge >= 0.3 is 6.03 Å². The van der Waals surface area contributed by atoms with E-state index in [-0.39, 0.29) is 24.5 Å². The standard InChI is InChI=1S/C15H21N3O2/c1-12-7-5-6-10-18(12)11-14(19)17-15(20)16-13-8-3-2-4-9-13/h5-7,10,13H,2-4,8-9,11H2,1H3,(H-,16,17,19,20)/p+1. The van der Waals surface area contributed by atoms with Gasteiger partial charge in [-0.25, -0.2) is 4.79 Å². The van der Waals surface area contributed by atoms with Gasteiger partial charge < -0.3 is 5.32 Å². The van der Waals surface area contributed by atoms with Crippen molar-refractivity contribution in [1.29, 1.82) is 0 Å². The maximum absolute atomic E-state index is 11.8. The monoisotopic (exact) mass is 276 g/mol. The molecule has 0 atom stereocenters. The van der Waals surface area contributed by atoms with E-state index < -0.39 is 0 Å². The summed E-state index contributed by atoms with van der Waals surface area (Å²) in [5.74, 6) is -0.294. The molecule has 1 saturated carbocycles. The summed E-state index contributed by atoms with van der Waals surface area (Å²) in [5, 5.41) is 5.26. The minimum atomic E-state index is -0.379. The molecule has 1 aromatic heterocycles. The summed E-state index contributed by atoms with van der Waals surface area (Å²) >= 11 is 0. The lowest BCUT2D eigenvalue weighted by molar-refractivity contribution is -0.690. The van der Waals surface area contributed by atoms with E-state index in [0.29, 0.717) is 0 Å². The molecule has 1 aliphatic rings. The van der Waals surface area contributed by atoms with Crippen molar-refractivity contribution in [1.82, 2.24) is 10.6 Å². The topological polar surface area (TPSA) is 62.1 Å². The van der Waals surface area contributed by atoms with Crippen molar-refractivity contribution in [3.8, 4) is 0 Å². The molecule has 5 heteroatoms. The average molecular weight is 276 g/mol. The van der Waals surface area contributed by atoms with Crippen LogP contribution in [0.25, 0.3) is 0 Å². The third-order valence-electron chi connectivity index (χ3n) is 3.67. The quantitative estimate of drug-likeness (QED) is 0.821. The smallest absolute Gasteiger partial charge is 0.321 e. The molecular formula is C15H22N3O2+. The Morgan fingerprint density at radius 3 is 2.70 bits per heavy atom. The van der Waals surface area contributed by atoms with E-state index in [0.717, 1.165) is 31.4 Å². The fraction of sp³-hybridized carbons (Fsp3) is 0.533. The van der Waals surface area contributed by atoms with Crippen molar-refractivity contribution < 1.29 is 14.2 Å². The zero-order valence-electron chi connectivity index (χ0n) is 11.9. The average Bonchev–Trinajstić information content (AvgIpc) is 2.42. The number of nitrogens with zero attached hydrogens (tertiary/aromatic N) is 1. The Balaban J connectivity index is 1.79. The fourth-order valence-electron chi connectivity index (χ4n) is 2.53. The maximum Gasteiger partial charge on any atom is 0.321 e. The van der Waals surface area contributed by atoms with Gasteiger partial charge in [-0.3, -0.25) is 10.1 Å². The molecule has 0 saturated heterocycles. The normalized spacial score (nSPS) is 15.7. The molecule has 1 fully saturated rings. The minimum Gasteiger partial charge on any atom is -0.335 e. The Labute approximate surface area is 119 Å². The first kappa shape index (κ1) is 14.5. The van der Waals surface area contributed by atoms with Crippen LogP contribution in [0.4, 0.5) is 4.79 Å². The maximum atomic E-state index is 11.8. The summed E-state index contributed by atoms with van der Waals surface area (Å²) in [5.41, 5.74) is 0.982. The molecule has 0 aliphatic heterocycles. The molecule has 1 heterocycles. The summed E-state index contributed by atoms with van der Waals surface area (Å²) in [6.45, 7) is 2.08. The van der Waals surface area contributed by atoms with Crippen LogP contribution in [0.1, 0.15) is 37.8 Å². The number of aryl methyl sites for hydroxylation is 1. The molecule has 2 rings (SSSR count). The van der Waals surface area contributed by atoms with Crippen LogP contribution in [0.15, 0.2) is 24.4 Å². The Hall–Kier alpha value is -1.91. The molecule has 2 N–H and O–H groups in total. The van der Waals surface area contributed by atoms with Gasteiger partial charge in [0.25, 0.3) is 5.91 Å². The van der Waals surface area contributed by atoms with Crippen LogP contribution in [0.2, 0.25) is 0 Å². The van der Waals surface area contributed by atoms with Crippen molar-refractivity contribution in [2.45, 2.75) is 51.6 Å². The van der Waals surface area contributed by atoms with Crippen LogP contribution >= 0.6 is 0 Å². The van der Waals surface area contributed by atoms with Crippen LogP contribution < -0.4 is 15.2 Å². The Morgan fingerprint density at radius 2 is 2.00 bits per heavy atom. The van der Waals surface area contributed by atoms with Crippen molar-refractivity contribution >= 4 is 11.9 Å². The van der Waals surface area contributed by atoms with E-state index in [4.69, 9.17) is 0 Å². The second-order valence-corrected chi connectivity index (χ2v) is 5.33. The van der Waals surface area contributed by atoms with E-state index in [1.807, 2.05) is 35.9 Å². The number of carbonyl (C=O) groups excluding carboxylic acids is 2. The first-order chi connectivity index (χ1) is 9.65. The Morgan fingerprint density at radius 1 is 1.25 bits per heavy atom. The van der Waals surface area contributed by atoms with Gasteiger partial charge in [0.2, 0.25) is 6.54 Å². The SMILES string of the molecule is Cc1cccc[n+]1CC(=O)NC(=O)NC1CCCCC1. The summed E-state index contributed by atoms with van der Waals surface area (Å²) in [6.07, 6.45) is 7.38. The molecule has 0 bridgehead atoms. The molecule has 3 amide bonds. The van der Waals surface area contributed by atoms with Crippen molar-refractivity contribution in [2.24, 2.45) is 0 Å². The largest absolute Gasteiger partial charge is 0.335 e. The molecule has 20 heavy (non-hydrogen) atoms. The Bertz CT molecular complexity index is 482. The number of aromatic nitrogens is 1. The van der Waals surface area contributed by atoms with Gasteiger partial charge in [-0.1, -0.05) is 25.3 Å². The van der Waals surface area contributed by atoms with Crippen molar-refractivity contribution in [3.05, 3.63) is 30.1 Å². The van der Waals surface area contributed by atoms with Crippen molar-refractivity contribution in [3.63, 3.8) is 0 Å². The van der Waals surface area contributed by atoms with E-state index in [1.54, 1.807) is 0 Å². The minimum absolute atomic E-state index is 0.157. The highest BCUT2D eigenvalue weighted by Crippen LogP contribution is 2.16. The molecule has 1 aliphatic carbocycles. The highest BCUT2D eigenvalue weighted by Gasteiger charge is 2.18. The molecule has 5 nitrogen and oxygen atoms in total. The number of urea groups is 1. The van der Waals surface area contributed by atoms with Crippen LogP contribution in [0, 0.1) is 6.92 Å². The van der Waals surface area contributed by atoms with Crippen LogP contribution in [-0.4, -0.2) is 18.0 Å². The van der Waals surface area contributed by atoms with Gasteiger partial charge in [0.15, 0.2) is 11.9 Å². The number of carbonyl (C=O) groups is 2. The number of hydrogen-bond donors (Lipinski definition) is 2. The summed E-state index contributed by atoms with van der Waals surface area (Å²) < 4.78 is 1.81. The number of nitrogens with one attached hydrogen (secondary N) is 2. The summed E-state index contributed by atoms with van der Waals surface area (Å²) in [7, 11) is 0. The molecule has 0 aromatic carbocycles. The number of imide groups is 1. The van der Waals surface area contributed by atoms with Crippen LogP contribution in [0.5, 0.6) is 0 Å². The highest BCUT2D eigenvalue weighted by atomic mass is 16.2. The zero-order chi connectivity index (χ0) is 14.4. The van der Waals surface area contributed by atoms with Gasteiger partial charge in [-0.15, -0.1) is 0 Å². The molecule has 0 spiro atoms. The third-order valence-corrected chi connectivity index (χ3v) is 3.67. The van der Waals surface area contributed by atoms with Gasteiger partial charge in [0.05, 0.1) is 0 Å². The predicted octanol–water partition coefficient (Wildman–Crippen LogP) is 1.44. The second-order valence-electron chi connectivity index (χ2n) is 5.33. The first-order valence-electron chi connectivity index (χ1n) is 7.20. The van der Waals surface area contributed by atoms with Gasteiger partial charge in [-0.05, 0) is 12.8 Å². The number of pyridine rings is 1. The number of hydrogen-bond acceptors (Lipinski definition) is 2. The van der Waals surface area contributed by atoms with Crippen LogP contribution in [0.3, 0.4) is 0 Å². The number of rotatable bonds is 3. The van der Waals surface area contributed by atoms with E-state index >= 15 is 0 Å². The summed E-state index contributed by atoms with van der Waals surface area (Å²) in [4.78, 5) is 23.6. The fourth-order valence-corrected chi connectivity index (χ4v) is 2.53. The Kier molecular flexibility index (Phi) is 5.09. The van der Waals surface area contributed by atoms with E-state index in [1.165, 1.54) is 6.42 Å². The zero-order valence-corrected chi connectivity index (χ0v) is 11.9. The van der Waals surface area contributed by atoms with Crippen LogP contribution in [-0.2, 0) is 11.3 Å². The van der Waals surface area contributed by atoms with E-state index in [9.17, 15) is 9.59 Å². The highest BCUT2D eigenvalue weighted by molar-refractivity contribution is 5.93. The second kappa shape index (κ2) is 7.03. The van der Waals surface area contributed by atoms with Gasteiger partial charge in [0.1, 0.15) is 0 Å². The lowest BCUT2D eigenvalue weighted by Crippen LogP contribution is -2.50. The first-order valence-corrected chi connectivity index (χ1v) is 7.20. The van der Waals surface area contributed by atoms with E-state index in [2.05, 4.69) is 10.6 Å². The number of amides is 3. The third kappa shape index (κ3) is 4.33. The van der Waals surface area contributed by atoms with Crippen molar-refractivity contribution in [2.75, 3.05) is 0 Å². The molecular weight excluding hydrogens is 254 g/mol. The predicted molar refractivity (Wildman–Crippen MR) is 74.9 cm³/mol. The molecule has 0 unspecified atom stereocenters. The van der Waals surface area contributed by atoms with Gasteiger partial charge in [-0.2, -0.15) is 4.57 Å². The molecule has 1 aromatic rings. The lowest BCUT2D eigenvalue weighted by atomic mass is 9.96. The summed E-state index contributed by atoms with van der Waals surface area (Å²) in [6, 6.07) is 5.54. The lowest BCUT2D eigenvalue weighted by Gasteiger charge is -2.22.